The van der Waals surface area contributed by atoms with Gasteiger partial charge in [-0.1, -0.05) is 22.0 Å². The summed E-state index contributed by atoms with van der Waals surface area (Å²) < 4.78 is 0.968. The summed E-state index contributed by atoms with van der Waals surface area (Å²) in [6.45, 7) is 6.20. The standard InChI is InChI=1S/C15H21BrN2O2/c1-10-6-7-11(9-12(10)16)17-14(19)18-8-4-5-13(18)15(2,3)20/h6-7,9,13,20H,4-5,8H2,1-3H3,(H,17,19). The second-order valence-electron chi connectivity index (χ2n) is 5.90. The molecule has 0 saturated carbocycles. The number of carbonyl (C=O) groups is 1. The summed E-state index contributed by atoms with van der Waals surface area (Å²) in [5, 5.41) is 13.1. The topological polar surface area (TPSA) is 52.6 Å². The van der Waals surface area contributed by atoms with Crippen molar-refractivity contribution in [1.29, 1.82) is 0 Å². The first-order valence-corrected chi connectivity index (χ1v) is 7.64. The lowest BCUT2D eigenvalue weighted by molar-refractivity contribution is 0.0117. The zero-order valence-electron chi connectivity index (χ0n) is 12.1. The molecule has 1 aliphatic heterocycles. The number of aryl methyl sites for hydroxylation is 1. The number of amides is 2. The van der Waals surface area contributed by atoms with Crippen molar-refractivity contribution >= 4 is 27.6 Å². The molecule has 2 N–H and O–H groups in total. The van der Waals surface area contributed by atoms with E-state index >= 15 is 0 Å². The monoisotopic (exact) mass is 340 g/mol. The van der Waals surface area contributed by atoms with Gasteiger partial charge in [0.15, 0.2) is 0 Å². The first kappa shape index (κ1) is 15.3. The lowest BCUT2D eigenvalue weighted by Gasteiger charge is -2.33. The summed E-state index contributed by atoms with van der Waals surface area (Å²) in [7, 11) is 0. The normalized spacial score (nSPS) is 19.2. The van der Waals surface area contributed by atoms with Gasteiger partial charge in [0.2, 0.25) is 0 Å². The molecule has 0 aromatic heterocycles. The Kier molecular flexibility index (Phi) is 4.39. The predicted molar refractivity (Wildman–Crippen MR) is 83.9 cm³/mol. The van der Waals surface area contributed by atoms with Gasteiger partial charge in [-0.15, -0.1) is 0 Å². The van der Waals surface area contributed by atoms with Gasteiger partial charge in [-0.05, 0) is 51.3 Å². The number of aliphatic hydroxyl groups is 1. The van der Waals surface area contributed by atoms with E-state index in [4.69, 9.17) is 0 Å². The minimum atomic E-state index is -0.873. The molecule has 1 atom stereocenters. The molecule has 0 spiro atoms. The number of anilines is 1. The molecule has 1 heterocycles. The van der Waals surface area contributed by atoms with Gasteiger partial charge < -0.3 is 15.3 Å². The van der Waals surface area contributed by atoms with Gasteiger partial charge in [-0.2, -0.15) is 0 Å². The molecule has 20 heavy (non-hydrogen) atoms. The maximum atomic E-state index is 12.4. The summed E-state index contributed by atoms with van der Waals surface area (Å²) >= 11 is 3.46. The highest BCUT2D eigenvalue weighted by Gasteiger charge is 2.38. The van der Waals surface area contributed by atoms with Crippen molar-refractivity contribution in [2.45, 2.75) is 45.3 Å². The van der Waals surface area contributed by atoms with Crippen molar-refractivity contribution < 1.29 is 9.90 Å². The summed E-state index contributed by atoms with van der Waals surface area (Å²) in [5.41, 5.74) is 1.01. The third kappa shape index (κ3) is 3.33. The molecule has 0 bridgehead atoms. The van der Waals surface area contributed by atoms with Crippen LogP contribution in [0.5, 0.6) is 0 Å². The van der Waals surface area contributed by atoms with Gasteiger partial charge in [0, 0.05) is 16.7 Å². The van der Waals surface area contributed by atoms with Crippen LogP contribution in [-0.4, -0.2) is 34.2 Å². The number of halogens is 1. The predicted octanol–water partition coefficient (Wildman–Crippen LogP) is 3.52. The number of nitrogens with zero attached hydrogens (tertiary/aromatic N) is 1. The average Bonchev–Trinajstić information content (AvgIpc) is 2.83. The smallest absolute Gasteiger partial charge is 0.322 e. The summed E-state index contributed by atoms with van der Waals surface area (Å²) in [6, 6.07) is 5.45. The summed E-state index contributed by atoms with van der Waals surface area (Å²) in [6.07, 6.45) is 1.77. The molecule has 4 nitrogen and oxygen atoms in total. The van der Waals surface area contributed by atoms with E-state index in [1.54, 1.807) is 18.7 Å². The lowest BCUT2D eigenvalue weighted by atomic mass is 9.97. The fourth-order valence-electron chi connectivity index (χ4n) is 2.61. The number of urea groups is 1. The maximum absolute atomic E-state index is 12.4. The highest BCUT2D eigenvalue weighted by Crippen LogP contribution is 2.28. The Balaban J connectivity index is 2.09. The second-order valence-corrected chi connectivity index (χ2v) is 6.75. The van der Waals surface area contributed by atoms with Gasteiger partial charge >= 0.3 is 6.03 Å². The number of hydrogen-bond acceptors (Lipinski definition) is 2. The van der Waals surface area contributed by atoms with Crippen molar-refractivity contribution in [3.8, 4) is 0 Å². The number of likely N-dealkylation sites (tertiary alicyclic amines) is 1. The first-order chi connectivity index (χ1) is 9.29. The van der Waals surface area contributed by atoms with Crippen LogP contribution in [0.25, 0.3) is 0 Å². The summed E-state index contributed by atoms with van der Waals surface area (Å²) in [5.74, 6) is 0. The minimum absolute atomic E-state index is 0.128. The third-order valence-corrected chi connectivity index (χ3v) is 4.61. The van der Waals surface area contributed by atoms with Gasteiger partial charge in [0.05, 0.1) is 11.6 Å². The van der Waals surface area contributed by atoms with Crippen LogP contribution < -0.4 is 5.32 Å². The number of hydrogen-bond donors (Lipinski definition) is 2. The van der Waals surface area contributed by atoms with E-state index in [1.165, 1.54) is 0 Å². The van der Waals surface area contributed by atoms with Crippen molar-refractivity contribution in [2.75, 3.05) is 11.9 Å². The van der Waals surface area contributed by atoms with Crippen molar-refractivity contribution in [3.63, 3.8) is 0 Å². The molecule has 1 unspecified atom stereocenters. The fraction of sp³-hybridized carbons (Fsp3) is 0.533. The Morgan fingerprint density at radius 1 is 1.50 bits per heavy atom. The van der Waals surface area contributed by atoms with Gasteiger partial charge in [0.1, 0.15) is 0 Å². The van der Waals surface area contributed by atoms with Crippen LogP contribution in [0.15, 0.2) is 22.7 Å². The fourth-order valence-corrected chi connectivity index (χ4v) is 2.99. The molecule has 0 aliphatic carbocycles. The van der Waals surface area contributed by atoms with Crippen LogP contribution in [-0.2, 0) is 0 Å². The van der Waals surface area contributed by atoms with Gasteiger partial charge in [-0.25, -0.2) is 4.79 Å². The summed E-state index contributed by atoms with van der Waals surface area (Å²) in [4.78, 5) is 14.1. The molecule has 1 aromatic carbocycles. The molecule has 1 fully saturated rings. The molecule has 110 valence electrons. The first-order valence-electron chi connectivity index (χ1n) is 6.85. The van der Waals surface area contributed by atoms with Crippen molar-refractivity contribution in [3.05, 3.63) is 28.2 Å². The zero-order chi connectivity index (χ0) is 14.9. The van der Waals surface area contributed by atoms with E-state index in [1.807, 2.05) is 25.1 Å². The number of benzene rings is 1. The zero-order valence-corrected chi connectivity index (χ0v) is 13.7. The van der Waals surface area contributed by atoms with Gasteiger partial charge in [0.25, 0.3) is 0 Å². The van der Waals surface area contributed by atoms with E-state index < -0.39 is 5.60 Å². The molecule has 1 aliphatic rings. The van der Waals surface area contributed by atoms with Crippen LogP contribution in [0, 0.1) is 6.92 Å². The molecule has 0 radical (unpaired) electrons. The Morgan fingerprint density at radius 3 is 2.80 bits per heavy atom. The van der Waals surface area contributed by atoms with E-state index in [-0.39, 0.29) is 12.1 Å². The molecular weight excluding hydrogens is 320 g/mol. The highest BCUT2D eigenvalue weighted by atomic mass is 79.9. The number of rotatable bonds is 2. The molecule has 2 amide bonds. The molecule has 5 heteroatoms. The largest absolute Gasteiger partial charge is 0.388 e. The molecule has 1 aromatic rings. The Morgan fingerprint density at radius 2 is 2.20 bits per heavy atom. The third-order valence-electron chi connectivity index (χ3n) is 3.75. The minimum Gasteiger partial charge on any atom is -0.388 e. The number of nitrogens with one attached hydrogen (secondary N) is 1. The van der Waals surface area contributed by atoms with Crippen LogP contribution >= 0.6 is 15.9 Å². The maximum Gasteiger partial charge on any atom is 0.322 e. The van der Waals surface area contributed by atoms with Gasteiger partial charge in [-0.3, -0.25) is 0 Å². The van der Waals surface area contributed by atoms with Crippen molar-refractivity contribution in [2.24, 2.45) is 0 Å². The molecule has 1 saturated heterocycles. The van der Waals surface area contributed by atoms with E-state index in [9.17, 15) is 9.90 Å². The van der Waals surface area contributed by atoms with E-state index in [0.717, 1.165) is 28.6 Å². The molecular formula is C15H21BrN2O2. The Hall–Kier alpha value is -1.07. The average molecular weight is 341 g/mol. The van der Waals surface area contributed by atoms with Crippen molar-refractivity contribution in [1.82, 2.24) is 4.90 Å². The van der Waals surface area contributed by atoms with Crippen LogP contribution in [0.1, 0.15) is 32.3 Å². The lowest BCUT2D eigenvalue weighted by Crippen LogP contribution is -2.49. The van der Waals surface area contributed by atoms with E-state index in [0.29, 0.717) is 6.54 Å². The second kappa shape index (κ2) is 5.74. The Labute approximate surface area is 128 Å². The van der Waals surface area contributed by atoms with E-state index in [2.05, 4.69) is 21.2 Å². The highest BCUT2D eigenvalue weighted by molar-refractivity contribution is 9.10. The quantitative estimate of drug-likeness (QED) is 0.865. The Bertz CT molecular complexity index is 511. The molecule has 2 rings (SSSR count). The SMILES string of the molecule is Cc1ccc(NC(=O)N2CCCC2C(C)(C)O)cc1Br. The van der Waals surface area contributed by atoms with Crippen LogP contribution in [0.4, 0.5) is 10.5 Å². The number of carbonyl (C=O) groups excluding carboxylic acids is 1. The van der Waals surface area contributed by atoms with Crippen LogP contribution in [0.3, 0.4) is 0 Å². The van der Waals surface area contributed by atoms with Crippen LogP contribution in [0.2, 0.25) is 0 Å².